The van der Waals surface area contributed by atoms with Gasteiger partial charge in [0.2, 0.25) is 0 Å². The second-order valence-electron chi connectivity index (χ2n) is 3.14. The molecule has 0 fully saturated rings. The summed E-state index contributed by atoms with van der Waals surface area (Å²) in [5.74, 6) is -0.453. The molecule has 1 atom stereocenters. The molecular weight excluding hydrogens is 194 g/mol. The lowest BCUT2D eigenvalue weighted by Gasteiger charge is -2.18. The summed E-state index contributed by atoms with van der Waals surface area (Å²) in [6.07, 6.45) is 2.79. The van der Waals surface area contributed by atoms with Crippen LogP contribution in [0, 0.1) is 11.3 Å². The van der Waals surface area contributed by atoms with Crippen molar-refractivity contribution in [3.8, 4) is 6.07 Å². The van der Waals surface area contributed by atoms with Gasteiger partial charge in [0.25, 0.3) is 5.91 Å². The van der Waals surface area contributed by atoms with E-state index in [2.05, 4.69) is 4.98 Å². The van der Waals surface area contributed by atoms with Crippen LogP contribution in [0.25, 0.3) is 0 Å². The number of carbonyl (C=O) groups is 1. The molecule has 0 aromatic carbocycles. The van der Waals surface area contributed by atoms with Crippen LogP contribution in [0.3, 0.4) is 0 Å². The Hall–Kier alpha value is -2.09. The smallest absolute Gasteiger partial charge is 0.260 e. The fraction of sp³-hybridized carbons (Fsp3) is 0.300. The second-order valence-corrected chi connectivity index (χ2v) is 3.14. The first-order valence-corrected chi connectivity index (χ1v) is 4.41. The number of pyridine rings is 1. The first-order chi connectivity index (χ1) is 7.07. The summed E-state index contributed by atoms with van der Waals surface area (Å²) in [5.41, 5.74) is -0.308. The maximum Gasteiger partial charge on any atom is 0.260 e. The fourth-order valence-corrected chi connectivity index (χ4v) is 1.04. The van der Waals surface area contributed by atoms with Crippen molar-refractivity contribution in [1.29, 1.82) is 5.26 Å². The van der Waals surface area contributed by atoms with Crippen molar-refractivity contribution in [2.24, 2.45) is 0 Å². The number of nitrogens with zero attached hydrogens (tertiary/aromatic N) is 2. The normalized spacial score (nSPS) is 11.5. The van der Waals surface area contributed by atoms with E-state index < -0.39 is 11.9 Å². The molecule has 1 aromatic heterocycles. The van der Waals surface area contributed by atoms with Crippen LogP contribution in [0.5, 0.6) is 0 Å². The highest BCUT2D eigenvalue weighted by Gasteiger charge is 2.18. The fourth-order valence-electron chi connectivity index (χ4n) is 1.04. The van der Waals surface area contributed by atoms with Gasteiger partial charge in [-0.2, -0.15) is 5.26 Å². The van der Waals surface area contributed by atoms with E-state index in [0.29, 0.717) is 0 Å². The van der Waals surface area contributed by atoms with Gasteiger partial charge in [-0.15, -0.1) is 0 Å². The number of hydrogen-bond donors (Lipinski definition) is 1. The average molecular weight is 205 g/mol. The molecule has 1 unspecified atom stereocenters. The highest BCUT2D eigenvalue weighted by molar-refractivity contribution is 5.93. The van der Waals surface area contributed by atoms with Crippen LogP contribution in [-0.4, -0.2) is 28.9 Å². The summed E-state index contributed by atoms with van der Waals surface area (Å²) >= 11 is 0. The number of nitrogens with one attached hydrogen (secondary N) is 1. The number of aromatic nitrogens is 1. The third-order valence-electron chi connectivity index (χ3n) is 2.14. The third kappa shape index (κ3) is 2.23. The zero-order chi connectivity index (χ0) is 11.4. The summed E-state index contributed by atoms with van der Waals surface area (Å²) in [5, 5.41) is 8.64. The van der Waals surface area contributed by atoms with E-state index in [1.165, 1.54) is 30.4 Å². The van der Waals surface area contributed by atoms with E-state index >= 15 is 0 Å². The molecule has 1 amide bonds. The van der Waals surface area contributed by atoms with Crippen molar-refractivity contribution in [3.63, 3.8) is 0 Å². The number of hydrogen-bond acceptors (Lipinski definition) is 3. The predicted octanol–water partition coefficient (Wildman–Crippen LogP) is 0.359. The Morgan fingerprint density at radius 1 is 1.67 bits per heavy atom. The van der Waals surface area contributed by atoms with Crippen LogP contribution in [0.15, 0.2) is 23.3 Å². The number of carbonyl (C=O) groups excluding carboxylic acids is 1. The Labute approximate surface area is 87.0 Å². The summed E-state index contributed by atoms with van der Waals surface area (Å²) in [4.78, 5) is 26.9. The van der Waals surface area contributed by atoms with Crippen LogP contribution in [-0.2, 0) is 0 Å². The van der Waals surface area contributed by atoms with Gasteiger partial charge >= 0.3 is 0 Å². The standard InChI is InChI=1S/C10H11N3O2/c1-7(5-11)13(2)10(15)8-6-12-4-3-9(8)14/h3-4,6-7H,1-2H3,(H,12,14). The Morgan fingerprint density at radius 3 is 2.87 bits per heavy atom. The summed E-state index contributed by atoms with van der Waals surface area (Å²) in [6.45, 7) is 1.59. The zero-order valence-electron chi connectivity index (χ0n) is 8.52. The molecule has 5 heteroatoms. The van der Waals surface area contributed by atoms with Gasteiger partial charge in [-0.3, -0.25) is 9.59 Å². The maximum atomic E-state index is 11.7. The van der Waals surface area contributed by atoms with E-state index in [9.17, 15) is 9.59 Å². The number of rotatable bonds is 2. The number of nitriles is 1. The lowest BCUT2D eigenvalue weighted by atomic mass is 10.2. The van der Waals surface area contributed by atoms with Gasteiger partial charge in [-0.25, -0.2) is 0 Å². The molecule has 5 nitrogen and oxygen atoms in total. The van der Waals surface area contributed by atoms with Gasteiger partial charge in [0, 0.05) is 25.5 Å². The first kappa shape index (κ1) is 11.0. The molecule has 1 aromatic rings. The SMILES string of the molecule is CC(C#N)N(C)C(=O)c1c[nH]ccc1=O. The third-order valence-corrected chi connectivity index (χ3v) is 2.14. The Kier molecular flexibility index (Phi) is 3.24. The van der Waals surface area contributed by atoms with Crippen molar-refractivity contribution in [2.75, 3.05) is 7.05 Å². The predicted molar refractivity (Wildman–Crippen MR) is 54.2 cm³/mol. The lowest BCUT2D eigenvalue weighted by molar-refractivity contribution is 0.0771. The van der Waals surface area contributed by atoms with Crippen LogP contribution in [0.1, 0.15) is 17.3 Å². The number of aromatic amines is 1. The van der Waals surface area contributed by atoms with Crippen LogP contribution < -0.4 is 5.43 Å². The molecule has 78 valence electrons. The topological polar surface area (TPSA) is 77.0 Å². The molecule has 0 saturated carbocycles. The summed E-state index contributed by atoms with van der Waals surface area (Å²) in [6, 6.07) is 2.65. The second kappa shape index (κ2) is 4.42. The minimum absolute atomic E-state index is 0.0436. The van der Waals surface area contributed by atoms with Crippen molar-refractivity contribution in [2.45, 2.75) is 13.0 Å². The molecule has 0 aliphatic heterocycles. The van der Waals surface area contributed by atoms with Gasteiger partial charge in [0.15, 0.2) is 5.43 Å². The van der Waals surface area contributed by atoms with Crippen molar-refractivity contribution >= 4 is 5.91 Å². The molecule has 0 aliphatic rings. The van der Waals surface area contributed by atoms with E-state index in [4.69, 9.17) is 5.26 Å². The van der Waals surface area contributed by atoms with Crippen molar-refractivity contribution < 1.29 is 4.79 Å². The molecule has 1 rings (SSSR count). The van der Waals surface area contributed by atoms with Gasteiger partial charge < -0.3 is 9.88 Å². The first-order valence-electron chi connectivity index (χ1n) is 4.41. The molecule has 0 saturated heterocycles. The molecular formula is C10H11N3O2. The molecule has 0 bridgehead atoms. The number of H-pyrrole nitrogens is 1. The summed E-state index contributed by atoms with van der Waals surface area (Å²) in [7, 11) is 1.49. The molecule has 1 N–H and O–H groups in total. The highest BCUT2D eigenvalue weighted by atomic mass is 16.2. The Morgan fingerprint density at radius 2 is 2.33 bits per heavy atom. The molecule has 0 radical (unpaired) electrons. The van der Waals surface area contributed by atoms with E-state index in [1.807, 2.05) is 6.07 Å². The van der Waals surface area contributed by atoms with Crippen molar-refractivity contribution in [1.82, 2.24) is 9.88 Å². The Balaban J connectivity index is 3.02. The Bertz CT molecular complexity index is 458. The maximum absolute atomic E-state index is 11.7. The van der Waals surface area contributed by atoms with Crippen LogP contribution >= 0.6 is 0 Å². The average Bonchev–Trinajstić information content (AvgIpc) is 2.26. The van der Waals surface area contributed by atoms with Gasteiger partial charge in [-0.05, 0) is 6.92 Å². The van der Waals surface area contributed by atoms with E-state index in [1.54, 1.807) is 6.92 Å². The minimum Gasteiger partial charge on any atom is -0.367 e. The highest BCUT2D eigenvalue weighted by Crippen LogP contribution is 2.00. The number of amides is 1. The molecule has 15 heavy (non-hydrogen) atoms. The summed E-state index contributed by atoms with van der Waals surface area (Å²) < 4.78 is 0. The molecule has 1 heterocycles. The van der Waals surface area contributed by atoms with E-state index in [0.717, 1.165) is 0 Å². The van der Waals surface area contributed by atoms with E-state index in [-0.39, 0.29) is 11.0 Å². The zero-order valence-corrected chi connectivity index (χ0v) is 8.52. The van der Waals surface area contributed by atoms with Gasteiger partial charge in [0.1, 0.15) is 11.6 Å². The molecule has 0 aliphatic carbocycles. The van der Waals surface area contributed by atoms with Gasteiger partial charge in [-0.1, -0.05) is 0 Å². The monoisotopic (exact) mass is 205 g/mol. The van der Waals surface area contributed by atoms with Crippen molar-refractivity contribution in [3.05, 3.63) is 34.2 Å². The minimum atomic E-state index is -0.558. The largest absolute Gasteiger partial charge is 0.367 e. The molecule has 0 spiro atoms. The van der Waals surface area contributed by atoms with Gasteiger partial charge in [0.05, 0.1) is 6.07 Å². The lowest BCUT2D eigenvalue weighted by Crippen LogP contribution is -2.36. The van der Waals surface area contributed by atoms with Crippen LogP contribution in [0.2, 0.25) is 0 Å². The quantitative estimate of drug-likeness (QED) is 0.757. The van der Waals surface area contributed by atoms with Crippen LogP contribution in [0.4, 0.5) is 0 Å².